The van der Waals surface area contributed by atoms with Crippen LogP contribution in [0.15, 0.2) is 0 Å². The molecule has 0 saturated heterocycles. The molecule has 50 valence electrons. The third-order valence-electron chi connectivity index (χ3n) is 1.94. The van der Waals surface area contributed by atoms with Crippen molar-refractivity contribution >= 4 is 12.6 Å². The first-order chi connectivity index (χ1) is 4.34. The van der Waals surface area contributed by atoms with Gasteiger partial charge in [-0.1, -0.05) is 12.8 Å². The largest absolute Gasteiger partial charge is 0.175 e. The molecule has 1 saturated carbocycles. The van der Waals surface area contributed by atoms with E-state index in [0.717, 1.165) is 0 Å². The van der Waals surface area contributed by atoms with E-state index >= 15 is 0 Å². The van der Waals surface area contributed by atoms with Crippen LogP contribution >= 0.6 is 12.6 Å². The maximum atomic E-state index is 5.29. The molecule has 0 N–H and O–H groups in total. The lowest BCUT2D eigenvalue weighted by molar-refractivity contribution is 0.445. The minimum atomic E-state index is 0.446. The lowest BCUT2D eigenvalue weighted by Crippen LogP contribution is -2.17. The molecule has 0 aromatic carbocycles. The van der Waals surface area contributed by atoms with Crippen LogP contribution in [0.1, 0.15) is 25.7 Å². The first kappa shape index (κ1) is 7.02. The summed E-state index contributed by atoms with van der Waals surface area (Å²) in [6.45, 7) is 0. The van der Waals surface area contributed by atoms with Crippen LogP contribution in [-0.4, -0.2) is 5.25 Å². The average Bonchev–Trinajstić information content (AvgIpc) is 1.89. The zero-order chi connectivity index (χ0) is 6.69. The highest BCUT2D eigenvalue weighted by Gasteiger charge is 2.18. The monoisotopic (exact) mass is 140 g/mol. The van der Waals surface area contributed by atoms with E-state index in [-0.39, 0.29) is 0 Å². The SMILES string of the molecule is C#CC1CCCC[C@@H]1S. The summed E-state index contributed by atoms with van der Waals surface area (Å²) in [4.78, 5) is 0. The molecular weight excluding hydrogens is 128 g/mol. The van der Waals surface area contributed by atoms with Gasteiger partial charge < -0.3 is 0 Å². The Morgan fingerprint density at radius 1 is 1.33 bits per heavy atom. The van der Waals surface area contributed by atoms with Crippen molar-refractivity contribution in [2.45, 2.75) is 30.9 Å². The van der Waals surface area contributed by atoms with Crippen LogP contribution in [0.3, 0.4) is 0 Å². The minimum absolute atomic E-state index is 0.446. The zero-order valence-corrected chi connectivity index (χ0v) is 6.40. The molecule has 9 heavy (non-hydrogen) atoms. The van der Waals surface area contributed by atoms with Crippen molar-refractivity contribution in [3.63, 3.8) is 0 Å². The van der Waals surface area contributed by atoms with Crippen LogP contribution in [0.25, 0.3) is 0 Å². The maximum absolute atomic E-state index is 5.29. The highest BCUT2D eigenvalue weighted by atomic mass is 32.1. The fraction of sp³-hybridized carbons (Fsp3) is 0.750. The Morgan fingerprint density at radius 2 is 2.00 bits per heavy atom. The van der Waals surface area contributed by atoms with Crippen molar-refractivity contribution in [2.24, 2.45) is 5.92 Å². The number of terminal acetylenes is 1. The summed E-state index contributed by atoms with van der Waals surface area (Å²) in [5.41, 5.74) is 0. The van der Waals surface area contributed by atoms with Crippen molar-refractivity contribution < 1.29 is 0 Å². The van der Waals surface area contributed by atoms with E-state index in [1.165, 1.54) is 25.7 Å². The molecule has 1 fully saturated rings. The molecule has 0 heterocycles. The standard InChI is InChI=1S/C8H12S/c1-2-7-5-3-4-6-8(7)9/h1,7-9H,3-6H2/t7?,8-/m0/s1. The van der Waals surface area contributed by atoms with E-state index in [2.05, 4.69) is 18.5 Å². The van der Waals surface area contributed by atoms with Crippen LogP contribution in [0.2, 0.25) is 0 Å². The Morgan fingerprint density at radius 3 is 2.44 bits per heavy atom. The summed E-state index contributed by atoms with van der Waals surface area (Å²) < 4.78 is 0. The first-order valence-electron chi connectivity index (χ1n) is 3.49. The second kappa shape index (κ2) is 3.17. The molecule has 0 amide bonds. The van der Waals surface area contributed by atoms with E-state index in [1.54, 1.807) is 0 Å². The van der Waals surface area contributed by atoms with Crippen molar-refractivity contribution in [3.05, 3.63) is 0 Å². The lowest BCUT2D eigenvalue weighted by atomic mass is 9.89. The van der Waals surface area contributed by atoms with Gasteiger partial charge in [-0.2, -0.15) is 12.6 Å². The highest BCUT2D eigenvalue weighted by Crippen LogP contribution is 2.27. The van der Waals surface area contributed by atoms with Crippen molar-refractivity contribution in [2.75, 3.05) is 0 Å². The number of hydrogen-bond acceptors (Lipinski definition) is 1. The number of thiol groups is 1. The fourth-order valence-electron chi connectivity index (χ4n) is 1.31. The predicted octanol–water partition coefficient (Wildman–Crippen LogP) is 2.11. The van der Waals surface area contributed by atoms with Crippen LogP contribution in [0.4, 0.5) is 0 Å². The molecule has 2 atom stereocenters. The molecule has 1 rings (SSSR count). The van der Waals surface area contributed by atoms with Gasteiger partial charge >= 0.3 is 0 Å². The van der Waals surface area contributed by atoms with E-state index in [0.29, 0.717) is 11.2 Å². The third kappa shape index (κ3) is 1.66. The Bertz CT molecular complexity index is 123. The van der Waals surface area contributed by atoms with E-state index in [9.17, 15) is 0 Å². The van der Waals surface area contributed by atoms with E-state index < -0.39 is 0 Å². The van der Waals surface area contributed by atoms with Gasteiger partial charge in [-0.3, -0.25) is 0 Å². The van der Waals surface area contributed by atoms with Crippen LogP contribution in [0.5, 0.6) is 0 Å². The smallest absolute Gasteiger partial charge is 0.0316 e. The summed E-state index contributed by atoms with van der Waals surface area (Å²) in [7, 11) is 0. The molecule has 0 spiro atoms. The lowest BCUT2D eigenvalue weighted by Gasteiger charge is -2.22. The number of hydrogen-bond donors (Lipinski definition) is 1. The third-order valence-corrected chi connectivity index (χ3v) is 2.56. The quantitative estimate of drug-likeness (QED) is 0.386. The van der Waals surface area contributed by atoms with Gasteiger partial charge in [0, 0.05) is 11.2 Å². The predicted molar refractivity (Wildman–Crippen MR) is 43.6 cm³/mol. The summed E-state index contributed by atoms with van der Waals surface area (Å²) in [6.07, 6.45) is 10.3. The van der Waals surface area contributed by atoms with Crippen LogP contribution < -0.4 is 0 Å². The first-order valence-corrected chi connectivity index (χ1v) is 4.00. The number of rotatable bonds is 0. The van der Waals surface area contributed by atoms with Gasteiger partial charge in [-0.15, -0.1) is 12.3 Å². The molecule has 0 nitrogen and oxygen atoms in total. The van der Waals surface area contributed by atoms with Crippen LogP contribution in [0, 0.1) is 18.3 Å². The molecule has 0 aromatic heterocycles. The Kier molecular flexibility index (Phi) is 2.48. The van der Waals surface area contributed by atoms with Gasteiger partial charge in [0.2, 0.25) is 0 Å². The second-order valence-electron chi connectivity index (χ2n) is 2.62. The molecule has 1 heteroatoms. The maximum Gasteiger partial charge on any atom is 0.0316 e. The van der Waals surface area contributed by atoms with Gasteiger partial charge in [-0.05, 0) is 12.8 Å². The van der Waals surface area contributed by atoms with Crippen molar-refractivity contribution in [1.29, 1.82) is 0 Å². The van der Waals surface area contributed by atoms with Gasteiger partial charge in [0.25, 0.3) is 0 Å². The van der Waals surface area contributed by atoms with Gasteiger partial charge in [0.05, 0.1) is 0 Å². The van der Waals surface area contributed by atoms with Crippen molar-refractivity contribution in [1.82, 2.24) is 0 Å². The Labute approximate surface area is 62.4 Å². The molecule has 0 aliphatic heterocycles. The topological polar surface area (TPSA) is 0 Å². The van der Waals surface area contributed by atoms with Gasteiger partial charge in [-0.25, -0.2) is 0 Å². The molecular formula is C8H12S. The summed E-state index contributed by atoms with van der Waals surface area (Å²) in [5, 5.41) is 0.476. The van der Waals surface area contributed by atoms with Gasteiger partial charge in [0.15, 0.2) is 0 Å². The zero-order valence-electron chi connectivity index (χ0n) is 5.51. The Hall–Kier alpha value is -0.0900. The fourth-order valence-corrected chi connectivity index (χ4v) is 1.72. The summed E-state index contributed by atoms with van der Waals surface area (Å²) in [6, 6.07) is 0. The van der Waals surface area contributed by atoms with Crippen molar-refractivity contribution in [3.8, 4) is 12.3 Å². The van der Waals surface area contributed by atoms with Crippen LogP contribution in [-0.2, 0) is 0 Å². The van der Waals surface area contributed by atoms with E-state index in [1.807, 2.05) is 0 Å². The molecule has 0 bridgehead atoms. The highest BCUT2D eigenvalue weighted by molar-refractivity contribution is 7.81. The Balaban J connectivity index is 2.41. The van der Waals surface area contributed by atoms with E-state index in [4.69, 9.17) is 6.42 Å². The molecule has 1 aliphatic carbocycles. The summed E-state index contributed by atoms with van der Waals surface area (Å²) in [5.74, 6) is 3.22. The molecule has 1 aliphatic rings. The average molecular weight is 140 g/mol. The van der Waals surface area contributed by atoms with Gasteiger partial charge in [0.1, 0.15) is 0 Å². The minimum Gasteiger partial charge on any atom is -0.175 e. The molecule has 1 unspecified atom stereocenters. The second-order valence-corrected chi connectivity index (χ2v) is 3.29. The molecule has 0 radical (unpaired) electrons. The summed E-state index contributed by atoms with van der Waals surface area (Å²) >= 11 is 4.39. The normalized spacial score (nSPS) is 35.6. The molecule has 0 aromatic rings.